The van der Waals surface area contributed by atoms with Gasteiger partial charge in [-0.3, -0.25) is 4.79 Å². The fourth-order valence-corrected chi connectivity index (χ4v) is 6.33. The molecule has 0 aliphatic carbocycles. The monoisotopic (exact) mass is 442 g/mol. The van der Waals surface area contributed by atoms with Gasteiger partial charge in [0.2, 0.25) is 10.0 Å². The first-order valence-electron chi connectivity index (χ1n) is 10.9. The summed E-state index contributed by atoms with van der Waals surface area (Å²) in [5, 5.41) is 3.07. The predicted octanol–water partition coefficient (Wildman–Crippen LogP) is 3.26. The molecule has 7 heteroatoms. The molecule has 31 heavy (non-hydrogen) atoms. The number of benzene rings is 2. The quantitative estimate of drug-likeness (QED) is 0.745. The molecule has 1 N–H and O–H groups in total. The summed E-state index contributed by atoms with van der Waals surface area (Å²) in [6.07, 6.45) is 3.42. The van der Waals surface area contributed by atoms with Gasteiger partial charge < -0.3 is 10.1 Å². The van der Waals surface area contributed by atoms with E-state index in [4.69, 9.17) is 4.74 Å². The Labute approximate surface area is 184 Å². The van der Waals surface area contributed by atoms with Gasteiger partial charge in [-0.15, -0.1) is 0 Å². The lowest BCUT2D eigenvalue weighted by Gasteiger charge is -2.38. The molecule has 2 aliphatic heterocycles. The summed E-state index contributed by atoms with van der Waals surface area (Å²) in [5.41, 5.74) is 2.05. The number of rotatable bonds is 6. The number of nitrogens with zero attached hydrogens (tertiary/aromatic N) is 1. The molecular weight excluding hydrogens is 412 g/mol. The Bertz CT molecular complexity index is 1020. The lowest BCUT2D eigenvalue weighted by Crippen LogP contribution is -2.44. The SMILES string of the molecule is Cc1ccc(C(=O)NCC2(c3ccccc3)CCOCC2)cc1S(=O)(=O)N1CCCC1. The number of ether oxygens (including phenoxy) is 1. The number of hydrogen-bond donors (Lipinski definition) is 1. The van der Waals surface area contributed by atoms with Gasteiger partial charge in [0.1, 0.15) is 0 Å². The van der Waals surface area contributed by atoms with E-state index < -0.39 is 10.0 Å². The molecule has 4 rings (SSSR count). The van der Waals surface area contributed by atoms with E-state index in [-0.39, 0.29) is 16.2 Å². The van der Waals surface area contributed by atoms with Gasteiger partial charge in [-0.1, -0.05) is 36.4 Å². The molecule has 166 valence electrons. The lowest BCUT2D eigenvalue weighted by atomic mass is 9.74. The van der Waals surface area contributed by atoms with Crippen LogP contribution in [0.3, 0.4) is 0 Å². The lowest BCUT2D eigenvalue weighted by molar-refractivity contribution is 0.0487. The fourth-order valence-electron chi connectivity index (χ4n) is 4.56. The molecule has 0 unspecified atom stereocenters. The van der Waals surface area contributed by atoms with Crippen molar-refractivity contribution in [2.45, 2.75) is 42.9 Å². The first kappa shape index (κ1) is 22.0. The third-order valence-corrected chi connectivity index (χ3v) is 8.60. The summed E-state index contributed by atoms with van der Waals surface area (Å²) >= 11 is 0. The van der Waals surface area contributed by atoms with Crippen LogP contribution in [0.15, 0.2) is 53.4 Å². The normalized spacial score (nSPS) is 19.3. The maximum absolute atomic E-state index is 13.1. The molecule has 1 amide bonds. The Morgan fingerprint density at radius 1 is 1.06 bits per heavy atom. The second-order valence-corrected chi connectivity index (χ2v) is 10.4. The van der Waals surface area contributed by atoms with Crippen molar-refractivity contribution >= 4 is 15.9 Å². The predicted molar refractivity (Wildman–Crippen MR) is 120 cm³/mol. The number of nitrogens with one attached hydrogen (secondary N) is 1. The third kappa shape index (κ3) is 4.54. The van der Waals surface area contributed by atoms with Gasteiger partial charge in [0.15, 0.2) is 0 Å². The molecule has 0 bridgehead atoms. The van der Waals surface area contributed by atoms with E-state index in [1.807, 2.05) is 18.2 Å². The number of aryl methyl sites for hydroxylation is 1. The average Bonchev–Trinajstić information content (AvgIpc) is 3.35. The van der Waals surface area contributed by atoms with Gasteiger partial charge in [0.25, 0.3) is 5.91 Å². The molecule has 0 aromatic heterocycles. The summed E-state index contributed by atoms with van der Waals surface area (Å²) in [6, 6.07) is 15.2. The van der Waals surface area contributed by atoms with Crippen LogP contribution in [-0.2, 0) is 20.2 Å². The van der Waals surface area contributed by atoms with Crippen LogP contribution >= 0.6 is 0 Å². The second kappa shape index (κ2) is 9.10. The summed E-state index contributed by atoms with van der Waals surface area (Å²) < 4.78 is 33.2. The van der Waals surface area contributed by atoms with Crippen molar-refractivity contribution < 1.29 is 17.9 Å². The fraction of sp³-hybridized carbons (Fsp3) is 0.458. The number of carbonyl (C=O) groups excluding carboxylic acids is 1. The maximum Gasteiger partial charge on any atom is 0.251 e. The van der Waals surface area contributed by atoms with Crippen LogP contribution in [0, 0.1) is 6.92 Å². The second-order valence-electron chi connectivity index (χ2n) is 8.53. The molecular formula is C24H30N2O4S. The summed E-state index contributed by atoms with van der Waals surface area (Å²) in [6.45, 7) is 4.67. The molecule has 0 spiro atoms. The van der Waals surface area contributed by atoms with Crippen molar-refractivity contribution in [3.05, 3.63) is 65.2 Å². The number of sulfonamides is 1. The van der Waals surface area contributed by atoms with Gasteiger partial charge in [-0.05, 0) is 55.9 Å². The molecule has 0 atom stereocenters. The first-order chi connectivity index (χ1) is 14.9. The van der Waals surface area contributed by atoms with Gasteiger partial charge in [-0.25, -0.2) is 8.42 Å². The third-order valence-electron chi connectivity index (χ3n) is 6.56. The topological polar surface area (TPSA) is 75.7 Å². The first-order valence-corrected chi connectivity index (χ1v) is 12.4. The molecule has 2 fully saturated rings. The van der Waals surface area contributed by atoms with E-state index in [9.17, 15) is 13.2 Å². The van der Waals surface area contributed by atoms with E-state index in [0.717, 1.165) is 25.7 Å². The molecule has 6 nitrogen and oxygen atoms in total. The minimum Gasteiger partial charge on any atom is -0.381 e. The molecule has 2 aromatic carbocycles. The van der Waals surface area contributed by atoms with Crippen LogP contribution in [0.1, 0.15) is 47.2 Å². The highest BCUT2D eigenvalue weighted by Gasteiger charge is 2.35. The molecule has 0 saturated carbocycles. The Morgan fingerprint density at radius 3 is 2.42 bits per heavy atom. The van der Waals surface area contributed by atoms with Crippen LogP contribution in [0.2, 0.25) is 0 Å². The minimum absolute atomic E-state index is 0.176. The van der Waals surface area contributed by atoms with Gasteiger partial charge in [0.05, 0.1) is 4.90 Å². The number of hydrogen-bond acceptors (Lipinski definition) is 4. The summed E-state index contributed by atoms with van der Waals surface area (Å²) in [7, 11) is -3.58. The smallest absolute Gasteiger partial charge is 0.251 e. The molecule has 2 saturated heterocycles. The van der Waals surface area contributed by atoms with Crippen LogP contribution in [-0.4, -0.2) is 51.5 Å². The Hall–Kier alpha value is -2.22. The van der Waals surface area contributed by atoms with Gasteiger partial charge in [0, 0.05) is 43.8 Å². The Balaban J connectivity index is 1.54. The average molecular weight is 443 g/mol. The van der Waals surface area contributed by atoms with E-state index in [0.29, 0.717) is 44.0 Å². The number of carbonyl (C=O) groups is 1. The minimum atomic E-state index is -3.58. The van der Waals surface area contributed by atoms with E-state index in [1.54, 1.807) is 19.1 Å². The van der Waals surface area contributed by atoms with Crippen molar-refractivity contribution in [2.24, 2.45) is 0 Å². The zero-order valence-electron chi connectivity index (χ0n) is 18.0. The van der Waals surface area contributed by atoms with Crippen LogP contribution in [0.25, 0.3) is 0 Å². The molecule has 2 heterocycles. The standard InChI is InChI=1S/C24H30N2O4S/c1-19-9-10-20(17-22(19)31(28,29)26-13-5-6-14-26)23(27)25-18-24(11-15-30-16-12-24)21-7-3-2-4-8-21/h2-4,7-10,17H,5-6,11-16,18H2,1H3,(H,25,27). The number of amides is 1. The van der Waals surface area contributed by atoms with Crippen molar-refractivity contribution in [1.82, 2.24) is 9.62 Å². The zero-order valence-corrected chi connectivity index (χ0v) is 18.8. The van der Waals surface area contributed by atoms with Crippen molar-refractivity contribution in [3.8, 4) is 0 Å². The van der Waals surface area contributed by atoms with E-state index in [2.05, 4.69) is 17.4 Å². The van der Waals surface area contributed by atoms with E-state index in [1.165, 1.54) is 15.9 Å². The van der Waals surface area contributed by atoms with Gasteiger partial charge in [-0.2, -0.15) is 4.31 Å². The largest absolute Gasteiger partial charge is 0.381 e. The van der Waals surface area contributed by atoms with Crippen molar-refractivity contribution in [2.75, 3.05) is 32.8 Å². The maximum atomic E-state index is 13.1. The van der Waals surface area contributed by atoms with Crippen molar-refractivity contribution in [1.29, 1.82) is 0 Å². The van der Waals surface area contributed by atoms with Crippen LogP contribution < -0.4 is 5.32 Å². The van der Waals surface area contributed by atoms with E-state index >= 15 is 0 Å². The molecule has 0 radical (unpaired) electrons. The van der Waals surface area contributed by atoms with Crippen LogP contribution in [0.5, 0.6) is 0 Å². The summed E-state index contributed by atoms with van der Waals surface area (Å²) in [5.74, 6) is -0.250. The van der Waals surface area contributed by atoms with Gasteiger partial charge >= 0.3 is 0 Å². The Morgan fingerprint density at radius 2 is 1.74 bits per heavy atom. The summed E-state index contributed by atoms with van der Waals surface area (Å²) in [4.78, 5) is 13.2. The Kier molecular flexibility index (Phi) is 6.46. The molecule has 2 aromatic rings. The highest BCUT2D eigenvalue weighted by molar-refractivity contribution is 7.89. The van der Waals surface area contributed by atoms with Crippen LogP contribution in [0.4, 0.5) is 0 Å². The zero-order chi connectivity index (χ0) is 21.9. The highest BCUT2D eigenvalue weighted by atomic mass is 32.2. The van der Waals surface area contributed by atoms with Crippen molar-refractivity contribution in [3.63, 3.8) is 0 Å². The molecule has 2 aliphatic rings. The highest BCUT2D eigenvalue weighted by Crippen LogP contribution is 2.34.